The summed E-state index contributed by atoms with van der Waals surface area (Å²) < 4.78 is 26.0. The molecule has 2 amide bonds. The minimum absolute atomic E-state index is 0.0191. The van der Waals surface area contributed by atoms with Crippen LogP contribution < -0.4 is 5.32 Å². The van der Waals surface area contributed by atoms with Crippen LogP contribution in [0.3, 0.4) is 0 Å². The fourth-order valence-electron chi connectivity index (χ4n) is 1.93. The third-order valence-corrected chi connectivity index (χ3v) is 2.69. The van der Waals surface area contributed by atoms with E-state index >= 15 is 0 Å². The van der Waals surface area contributed by atoms with Gasteiger partial charge in [-0.2, -0.15) is 0 Å². The van der Waals surface area contributed by atoms with Crippen LogP contribution in [0.2, 0.25) is 0 Å². The molecule has 1 unspecified atom stereocenters. The number of carbonyl (C=O) groups excluding carboxylic acids is 2. The molecule has 4 nitrogen and oxygen atoms in total. The monoisotopic (exact) mass is 254 g/mol. The highest BCUT2D eigenvalue weighted by atomic mass is 19.1. The maximum Gasteiger partial charge on any atom is 0.245 e. The summed E-state index contributed by atoms with van der Waals surface area (Å²) in [6, 6.07) is 2.45. The molecule has 1 aromatic carbocycles. The summed E-state index contributed by atoms with van der Waals surface area (Å²) in [6.07, 6.45) is 0. The van der Waals surface area contributed by atoms with Crippen molar-refractivity contribution < 1.29 is 18.4 Å². The smallest absolute Gasteiger partial charge is 0.245 e. The second-order valence-corrected chi connectivity index (χ2v) is 4.26. The van der Waals surface area contributed by atoms with Gasteiger partial charge in [0.25, 0.3) is 0 Å². The molecule has 1 fully saturated rings. The first-order valence-electron chi connectivity index (χ1n) is 5.49. The van der Waals surface area contributed by atoms with Gasteiger partial charge in [-0.3, -0.25) is 9.59 Å². The molecular formula is C12H12F2N2O2. The lowest BCUT2D eigenvalue weighted by molar-refractivity contribution is -0.144. The molecular weight excluding hydrogens is 242 g/mol. The Hall–Kier alpha value is -1.98. The highest BCUT2D eigenvalue weighted by molar-refractivity contribution is 5.94. The van der Waals surface area contributed by atoms with Crippen LogP contribution in [-0.4, -0.2) is 29.3 Å². The molecule has 1 saturated heterocycles. The van der Waals surface area contributed by atoms with Crippen LogP contribution in [0.4, 0.5) is 8.78 Å². The summed E-state index contributed by atoms with van der Waals surface area (Å²) in [5, 5.41) is 2.49. The molecule has 1 aromatic rings. The van der Waals surface area contributed by atoms with Crippen molar-refractivity contribution in [2.75, 3.05) is 6.54 Å². The standard InChI is InChI=1S/C12H12F2N2O2/c1-7-12(18)16(6-11(17)15-7)5-8-2-9(13)4-10(14)3-8/h2-4,7H,5-6H2,1H3,(H,15,17). The quantitative estimate of drug-likeness (QED) is 0.849. The maximum atomic E-state index is 13.0. The van der Waals surface area contributed by atoms with Crippen LogP contribution in [-0.2, 0) is 16.1 Å². The average Bonchev–Trinajstić information content (AvgIpc) is 2.23. The molecule has 18 heavy (non-hydrogen) atoms. The highest BCUT2D eigenvalue weighted by Gasteiger charge is 2.29. The van der Waals surface area contributed by atoms with Crippen molar-refractivity contribution in [3.05, 3.63) is 35.4 Å². The lowest BCUT2D eigenvalue weighted by Gasteiger charge is -2.30. The second-order valence-electron chi connectivity index (χ2n) is 4.26. The van der Waals surface area contributed by atoms with Gasteiger partial charge in [0, 0.05) is 12.6 Å². The zero-order valence-electron chi connectivity index (χ0n) is 9.74. The largest absolute Gasteiger partial charge is 0.343 e. The number of carbonyl (C=O) groups is 2. The highest BCUT2D eigenvalue weighted by Crippen LogP contribution is 2.12. The maximum absolute atomic E-state index is 13.0. The van der Waals surface area contributed by atoms with Gasteiger partial charge in [0.1, 0.15) is 17.7 Å². The van der Waals surface area contributed by atoms with Crippen LogP contribution in [0.5, 0.6) is 0 Å². The molecule has 0 aromatic heterocycles. The van der Waals surface area contributed by atoms with Gasteiger partial charge in [0.2, 0.25) is 11.8 Å². The van der Waals surface area contributed by atoms with E-state index in [9.17, 15) is 18.4 Å². The lowest BCUT2D eigenvalue weighted by atomic mass is 10.1. The number of amides is 2. The predicted octanol–water partition coefficient (Wildman–Crippen LogP) is 0.812. The van der Waals surface area contributed by atoms with Crippen molar-refractivity contribution in [1.82, 2.24) is 10.2 Å². The summed E-state index contributed by atoms with van der Waals surface area (Å²) in [7, 11) is 0. The van der Waals surface area contributed by atoms with Crippen molar-refractivity contribution >= 4 is 11.8 Å². The van der Waals surface area contributed by atoms with Gasteiger partial charge in [0.15, 0.2) is 0 Å². The average molecular weight is 254 g/mol. The second kappa shape index (κ2) is 4.72. The Morgan fingerprint density at radius 2 is 1.89 bits per heavy atom. The molecule has 0 radical (unpaired) electrons. The van der Waals surface area contributed by atoms with Gasteiger partial charge in [0.05, 0.1) is 6.54 Å². The molecule has 0 aliphatic carbocycles. The normalized spacial score (nSPS) is 19.9. The first-order chi connectivity index (χ1) is 8.45. The Morgan fingerprint density at radius 3 is 2.50 bits per heavy atom. The molecule has 6 heteroatoms. The van der Waals surface area contributed by atoms with Gasteiger partial charge < -0.3 is 10.2 Å². The Morgan fingerprint density at radius 1 is 1.28 bits per heavy atom. The number of hydrogen-bond donors (Lipinski definition) is 1. The Kier molecular flexibility index (Phi) is 3.27. The van der Waals surface area contributed by atoms with E-state index < -0.39 is 17.7 Å². The van der Waals surface area contributed by atoms with E-state index in [1.54, 1.807) is 6.92 Å². The summed E-state index contributed by atoms with van der Waals surface area (Å²) in [4.78, 5) is 24.3. The Labute approximate surface area is 103 Å². The molecule has 1 atom stereocenters. The molecule has 2 rings (SSSR count). The summed E-state index contributed by atoms with van der Waals surface area (Å²) in [5.41, 5.74) is 0.322. The van der Waals surface area contributed by atoms with Crippen molar-refractivity contribution in [1.29, 1.82) is 0 Å². The van der Waals surface area contributed by atoms with Crippen LogP contribution in [0, 0.1) is 11.6 Å². The predicted molar refractivity (Wildman–Crippen MR) is 59.4 cm³/mol. The topological polar surface area (TPSA) is 49.4 Å². The van der Waals surface area contributed by atoms with Crippen LogP contribution in [0.25, 0.3) is 0 Å². The van der Waals surface area contributed by atoms with Crippen molar-refractivity contribution in [3.8, 4) is 0 Å². The summed E-state index contributed by atoms with van der Waals surface area (Å²) in [6.45, 7) is 1.49. The number of rotatable bonds is 2. The summed E-state index contributed by atoms with van der Waals surface area (Å²) in [5.74, 6) is -1.95. The number of benzene rings is 1. The third-order valence-electron chi connectivity index (χ3n) is 2.69. The zero-order chi connectivity index (χ0) is 13.3. The molecule has 0 saturated carbocycles. The Balaban J connectivity index is 2.17. The van der Waals surface area contributed by atoms with E-state index in [0.29, 0.717) is 5.56 Å². The first kappa shape index (κ1) is 12.5. The fraction of sp³-hybridized carbons (Fsp3) is 0.333. The van der Waals surface area contributed by atoms with E-state index in [1.165, 1.54) is 4.90 Å². The van der Waals surface area contributed by atoms with E-state index in [4.69, 9.17) is 0 Å². The third kappa shape index (κ3) is 2.64. The Bertz CT molecular complexity index is 485. The zero-order valence-corrected chi connectivity index (χ0v) is 9.74. The lowest BCUT2D eigenvalue weighted by Crippen LogP contribution is -2.56. The van der Waals surface area contributed by atoms with Crippen molar-refractivity contribution in [3.63, 3.8) is 0 Å². The number of nitrogens with zero attached hydrogens (tertiary/aromatic N) is 1. The number of piperazine rings is 1. The number of halogens is 2. The first-order valence-corrected chi connectivity index (χ1v) is 5.49. The van der Waals surface area contributed by atoms with Crippen LogP contribution in [0.15, 0.2) is 18.2 Å². The van der Waals surface area contributed by atoms with Crippen molar-refractivity contribution in [2.45, 2.75) is 19.5 Å². The molecule has 1 aliphatic heterocycles. The van der Waals surface area contributed by atoms with Gasteiger partial charge in [-0.25, -0.2) is 8.78 Å². The molecule has 1 heterocycles. The molecule has 1 aliphatic rings. The molecule has 96 valence electrons. The van der Waals surface area contributed by atoms with Gasteiger partial charge in [-0.05, 0) is 24.6 Å². The van der Waals surface area contributed by atoms with E-state index in [-0.39, 0.29) is 24.9 Å². The van der Waals surface area contributed by atoms with Gasteiger partial charge >= 0.3 is 0 Å². The number of nitrogens with one attached hydrogen (secondary N) is 1. The minimum Gasteiger partial charge on any atom is -0.343 e. The SMILES string of the molecule is CC1NC(=O)CN(Cc2cc(F)cc(F)c2)C1=O. The molecule has 0 spiro atoms. The van der Waals surface area contributed by atoms with Gasteiger partial charge in [-0.15, -0.1) is 0 Å². The van der Waals surface area contributed by atoms with E-state index in [0.717, 1.165) is 18.2 Å². The van der Waals surface area contributed by atoms with Crippen LogP contribution >= 0.6 is 0 Å². The molecule has 1 N–H and O–H groups in total. The fourth-order valence-corrected chi connectivity index (χ4v) is 1.93. The van der Waals surface area contributed by atoms with E-state index in [1.807, 2.05) is 0 Å². The molecule has 0 bridgehead atoms. The van der Waals surface area contributed by atoms with E-state index in [2.05, 4.69) is 5.32 Å². The summed E-state index contributed by atoms with van der Waals surface area (Å²) >= 11 is 0. The number of hydrogen-bond acceptors (Lipinski definition) is 2. The van der Waals surface area contributed by atoms with Crippen LogP contribution in [0.1, 0.15) is 12.5 Å². The van der Waals surface area contributed by atoms with Gasteiger partial charge in [-0.1, -0.05) is 0 Å². The minimum atomic E-state index is -0.702. The van der Waals surface area contributed by atoms with Crippen molar-refractivity contribution in [2.24, 2.45) is 0 Å².